The summed E-state index contributed by atoms with van der Waals surface area (Å²) in [4.78, 5) is 28.9. The van der Waals surface area contributed by atoms with E-state index in [1.165, 1.54) is 28.7 Å². The SMILES string of the molecule is CCOCC[NH+](C)Cc1cc(C#N)ccc1C1C(C(=O)OC)=C(C)N(c2cccc(C(F)(F)F)c2)c2n[nH]c(=O)n21. The third kappa shape index (κ3) is 5.89. The molecule has 0 bridgehead atoms. The minimum Gasteiger partial charge on any atom is -0.466 e. The zero-order valence-electron chi connectivity index (χ0n) is 23.0. The maximum Gasteiger partial charge on any atom is 0.416 e. The van der Waals surface area contributed by atoms with E-state index in [2.05, 4.69) is 16.3 Å². The first kappa shape index (κ1) is 29.6. The minimum atomic E-state index is -4.61. The van der Waals surface area contributed by atoms with Crippen LogP contribution in [0.2, 0.25) is 0 Å². The van der Waals surface area contributed by atoms with E-state index in [4.69, 9.17) is 9.47 Å². The van der Waals surface area contributed by atoms with Crippen LogP contribution in [0.5, 0.6) is 0 Å². The molecule has 2 heterocycles. The number of rotatable bonds is 9. The van der Waals surface area contributed by atoms with Crippen LogP contribution in [0.15, 0.2) is 58.5 Å². The Morgan fingerprint density at radius 2 is 2.00 bits per heavy atom. The Balaban J connectivity index is 1.94. The molecule has 1 aliphatic heterocycles. The summed E-state index contributed by atoms with van der Waals surface area (Å²) >= 11 is 0. The Morgan fingerprint density at radius 1 is 1.24 bits per heavy atom. The third-order valence-corrected chi connectivity index (χ3v) is 6.92. The molecule has 4 rings (SSSR count). The first-order valence-corrected chi connectivity index (χ1v) is 12.9. The van der Waals surface area contributed by atoms with Gasteiger partial charge in [-0.3, -0.25) is 4.90 Å². The van der Waals surface area contributed by atoms with Gasteiger partial charge < -0.3 is 14.4 Å². The predicted molar refractivity (Wildman–Crippen MR) is 142 cm³/mol. The number of fused-ring (bicyclic) bond motifs is 1. The summed E-state index contributed by atoms with van der Waals surface area (Å²) in [7, 11) is 3.14. The number of likely N-dealkylation sites (N-methyl/N-ethyl adjacent to an activating group) is 1. The third-order valence-electron chi connectivity index (χ3n) is 6.92. The lowest BCUT2D eigenvalue weighted by Gasteiger charge is -2.36. The van der Waals surface area contributed by atoms with E-state index in [-0.39, 0.29) is 22.9 Å². The van der Waals surface area contributed by atoms with Crippen LogP contribution in [0, 0.1) is 11.3 Å². The zero-order valence-corrected chi connectivity index (χ0v) is 23.0. The van der Waals surface area contributed by atoms with E-state index in [1.54, 1.807) is 25.1 Å². The lowest BCUT2D eigenvalue weighted by Crippen LogP contribution is -3.08. The molecule has 0 saturated heterocycles. The fourth-order valence-corrected chi connectivity index (χ4v) is 4.98. The van der Waals surface area contributed by atoms with Crippen LogP contribution in [0.25, 0.3) is 0 Å². The van der Waals surface area contributed by atoms with Gasteiger partial charge in [-0.05, 0) is 49.7 Å². The number of carbonyl (C=O) groups excluding carboxylic acids is 1. The summed E-state index contributed by atoms with van der Waals surface area (Å²) in [5, 5.41) is 16.1. The van der Waals surface area contributed by atoms with E-state index < -0.39 is 29.4 Å². The number of nitrogens with one attached hydrogen (secondary N) is 2. The van der Waals surface area contributed by atoms with Crippen LogP contribution in [-0.4, -0.2) is 54.6 Å². The minimum absolute atomic E-state index is 0.00293. The molecule has 10 nitrogen and oxygen atoms in total. The van der Waals surface area contributed by atoms with Gasteiger partial charge in [-0.15, -0.1) is 5.10 Å². The maximum atomic E-state index is 13.6. The second kappa shape index (κ2) is 12.0. The average molecular weight is 572 g/mol. The Morgan fingerprint density at radius 3 is 2.66 bits per heavy atom. The quantitative estimate of drug-likeness (QED) is 0.300. The van der Waals surface area contributed by atoms with Gasteiger partial charge in [0.15, 0.2) is 0 Å². The van der Waals surface area contributed by atoms with Crippen molar-refractivity contribution in [1.29, 1.82) is 5.26 Å². The number of methoxy groups -OCH3 is 1. The van der Waals surface area contributed by atoms with Crippen LogP contribution < -0.4 is 15.5 Å². The van der Waals surface area contributed by atoms with Crippen LogP contribution >= 0.6 is 0 Å². The molecule has 13 heteroatoms. The van der Waals surface area contributed by atoms with Crippen LogP contribution in [0.4, 0.5) is 24.8 Å². The van der Waals surface area contributed by atoms with Crippen molar-refractivity contribution in [2.75, 3.05) is 38.8 Å². The average Bonchev–Trinajstić information content (AvgIpc) is 3.32. The summed E-state index contributed by atoms with van der Waals surface area (Å²) in [5.74, 6) is -0.771. The summed E-state index contributed by atoms with van der Waals surface area (Å²) in [6, 6.07) is 10.6. The molecule has 0 radical (unpaired) electrons. The van der Waals surface area contributed by atoms with Crippen molar-refractivity contribution >= 4 is 17.6 Å². The van der Waals surface area contributed by atoms with E-state index >= 15 is 0 Å². The molecule has 2 unspecified atom stereocenters. The highest BCUT2D eigenvalue weighted by Gasteiger charge is 2.41. The first-order chi connectivity index (χ1) is 19.5. The molecular weight excluding hydrogens is 541 g/mol. The van der Waals surface area contributed by atoms with Gasteiger partial charge in [0.05, 0.1) is 43.5 Å². The van der Waals surface area contributed by atoms with Crippen LogP contribution in [0.1, 0.15) is 42.1 Å². The number of carbonyl (C=O) groups is 1. The van der Waals surface area contributed by atoms with Crippen LogP contribution in [-0.2, 0) is 27.0 Å². The Bertz CT molecular complexity index is 1570. The number of alkyl halides is 3. The number of allylic oxidation sites excluding steroid dienone is 1. The smallest absolute Gasteiger partial charge is 0.416 e. The molecule has 41 heavy (non-hydrogen) atoms. The molecule has 1 aliphatic rings. The molecule has 216 valence electrons. The van der Waals surface area contributed by atoms with Gasteiger partial charge in [0, 0.05) is 23.6 Å². The molecule has 2 N–H and O–H groups in total. The standard InChI is InChI=1S/C28H29F3N6O4/c1-5-41-12-11-35(3)16-19-13-18(15-32)9-10-22(19)24-23(25(38)40-4)17(2)36(26-33-34-27(39)37(24)26)21-8-6-7-20(14-21)28(29,30)31/h6-10,13-14,24H,5,11-12,16H2,1-4H3,(H,34,39)/p+1. The summed E-state index contributed by atoms with van der Waals surface area (Å²) in [6.07, 6.45) is -4.61. The molecule has 0 aliphatic carbocycles. The Hall–Kier alpha value is -4.41. The lowest BCUT2D eigenvalue weighted by atomic mass is 9.90. The number of hydrogen-bond acceptors (Lipinski definition) is 7. The number of aromatic nitrogens is 3. The monoisotopic (exact) mass is 571 g/mol. The lowest BCUT2D eigenvalue weighted by molar-refractivity contribution is -0.894. The summed E-state index contributed by atoms with van der Waals surface area (Å²) in [6.45, 7) is 5.65. The maximum absolute atomic E-state index is 13.6. The normalized spacial score (nSPS) is 15.9. The number of nitrogens with zero attached hydrogens (tertiary/aromatic N) is 4. The number of hydrogen-bond donors (Lipinski definition) is 2. The molecule has 3 aromatic rings. The van der Waals surface area contributed by atoms with Crippen molar-refractivity contribution < 1.29 is 32.3 Å². The molecule has 2 aromatic carbocycles. The predicted octanol–water partition coefficient (Wildman–Crippen LogP) is 2.70. The topological polar surface area (TPSA) is 118 Å². The Labute approximate surface area is 234 Å². The van der Waals surface area contributed by atoms with E-state index in [1.807, 2.05) is 14.0 Å². The molecule has 0 spiro atoms. The van der Waals surface area contributed by atoms with E-state index in [9.17, 15) is 28.0 Å². The number of anilines is 2. The van der Waals surface area contributed by atoms with Gasteiger partial charge >= 0.3 is 17.8 Å². The highest BCUT2D eigenvalue weighted by Crippen LogP contribution is 2.43. The van der Waals surface area contributed by atoms with Crippen molar-refractivity contribution in [1.82, 2.24) is 14.8 Å². The highest BCUT2D eigenvalue weighted by atomic mass is 19.4. The van der Waals surface area contributed by atoms with Crippen molar-refractivity contribution in [3.63, 3.8) is 0 Å². The summed E-state index contributed by atoms with van der Waals surface area (Å²) < 4.78 is 52.5. The highest BCUT2D eigenvalue weighted by molar-refractivity contribution is 5.93. The molecule has 0 fully saturated rings. The number of halogens is 3. The molecular formula is C28H30F3N6O4+. The van der Waals surface area contributed by atoms with Crippen LogP contribution in [0.3, 0.4) is 0 Å². The Kier molecular flexibility index (Phi) is 8.65. The number of quaternary nitrogens is 1. The molecule has 2 atom stereocenters. The molecule has 0 amide bonds. The molecule has 1 aromatic heterocycles. The largest absolute Gasteiger partial charge is 0.466 e. The summed E-state index contributed by atoms with van der Waals surface area (Å²) in [5.41, 5.74) is 0.390. The van der Waals surface area contributed by atoms with Gasteiger partial charge in [-0.2, -0.15) is 18.4 Å². The number of ether oxygens (including phenoxy) is 2. The van der Waals surface area contributed by atoms with Crippen molar-refractivity contribution in [3.05, 3.63) is 86.5 Å². The zero-order chi connectivity index (χ0) is 29.9. The molecule has 0 saturated carbocycles. The number of nitriles is 1. The number of H-pyrrole nitrogens is 1. The van der Waals surface area contributed by atoms with Gasteiger partial charge in [0.1, 0.15) is 19.1 Å². The number of aromatic amines is 1. The number of esters is 1. The first-order valence-electron chi connectivity index (χ1n) is 12.9. The van der Waals surface area contributed by atoms with Gasteiger partial charge in [-0.1, -0.05) is 12.1 Å². The second-order valence-electron chi connectivity index (χ2n) is 9.58. The van der Waals surface area contributed by atoms with Gasteiger partial charge in [0.2, 0.25) is 5.95 Å². The fraction of sp³-hybridized carbons (Fsp3) is 0.357. The van der Waals surface area contributed by atoms with Crippen molar-refractivity contribution in [2.45, 2.75) is 32.6 Å². The van der Waals surface area contributed by atoms with E-state index in [0.717, 1.165) is 17.0 Å². The number of benzene rings is 2. The van der Waals surface area contributed by atoms with Gasteiger partial charge in [-0.25, -0.2) is 19.3 Å². The van der Waals surface area contributed by atoms with Crippen molar-refractivity contribution in [3.8, 4) is 6.07 Å². The van der Waals surface area contributed by atoms with Gasteiger partial charge in [0.25, 0.3) is 0 Å². The van der Waals surface area contributed by atoms with Crippen molar-refractivity contribution in [2.24, 2.45) is 0 Å². The van der Waals surface area contributed by atoms with E-state index in [0.29, 0.717) is 43.0 Å². The second-order valence-corrected chi connectivity index (χ2v) is 9.58. The fourth-order valence-electron chi connectivity index (χ4n) is 4.98.